The molecule has 1 rings (SSSR count). The van der Waals surface area contributed by atoms with E-state index in [1.54, 1.807) is 0 Å². The quantitative estimate of drug-likeness (QED) is 0.684. The SMILES string of the molecule is CC(=O)Nc1cnc(Cl)c(F)c1. The van der Waals surface area contributed by atoms with E-state index in [9.17, 15) is 9.18 Å². The van der Waals surface area contributed by atoms with Gasteiger partial charge in [0.25, 0.3) is 0 Å². The standard InChI is InChI=1S/C7H6ClFN2O/c1-4(12)11-5-2-6(9)7(8)10-3-5/h2-3H,1H3,(H,11,12). The number of carbonyl (C=O) groups excluding carboxylic acids is 1. The number of hydrogen-bond donors (Lipinski definition) is 1. The molecule has 0 aliphatic rings. The van der Waals surface area contributed by atoms with Crippen molar-refractivity contribution in [3.05, 3.63) is 23.2 Å². The average Bonchev–Trinajstić information content (AvgIpc) is 1.96. The molecule has 0 unspecified atom stereocenters. The number of halogens is 2. The van der Waals surface area contributed by atoms with Crippen LogP contribution in [-0.2, 0) is 4.79 Å². The van der Waals surface area contributed by atoms with E-state index in [1.807, 2.05) is 0 Å². The largest absolute Gasteiger partial charge is 0.325 e. The lowest BCUT2D eigenvalue weighted by atomic mass is 10.4. The maximum absolute atomic E-state index is 12.7. The number of nitrogens with one attached hydrogen (secondary N) is 1. The van der Waals surface area contributed by atoms with Crippen molar-refractivity contribution < 1.29 is 9.18 Å². The summed E-state index contributed by atoms with van der Waals surface area (Å²) >= 11 is 5.32. The van der Waals surface area contributed by atoms with E-state index in [0.717, 1.165) is 6.07 Å². The fraction of sp³-hybridized carbons (Fsp3) is 0.143. The first-order valence-electron chi connectivity index (χ1n) is 3.18. The number of carbonyl (C=O) groups is 1. The zero-order valence-corrected chi connectivity index (χ0v) is 7.02. The Bertz CT molecular complexity index is 316. The van der Waals surface area contributed by atoms with Crippen LogP contribution in [0.5, 0.6) is 0 Å². The van der Waals surface area contributed by atoms with Gasteiger partial charge < -0.3 is 5.32 Å². The highest BCUT2D eigenvalue weighted by atomic mass is 35.5. The first-order chi connectivity index (χ1) is 5.59. The summed E-state index contributed by atoms with van der Waals surface area (Å²) in [6, 6.07) is 1.11. The Morgan fingerprint density at radius 2 is 2.42 bits per heavy atom. The summed E-state index contributed by atoms with van der Waals surface area (Å²) in [6.45, 7) is 1.33. The average molecular weight is 189 g/mol. The van der Waals surface area contributed by atoms with Crippen LogP contribution in [0.4, 0.5) is 10.1 Å². The van der Waals surface area contributed by atoms with Gasteiger partial charge in [0, 0.05) is 13.0 Å². The molecular formula is C7H6ClFN2O. The van der Waals surface area contributed by atoms with E-state index >= 15 is 0 Å². The van der Waals surface area contributed by atoms with Crippen LogP contribution in [0.3, 0.4) is 0 Å². The molecule has 0 fully saturated rings. The number of hydrogen-bond acceptors (Lipinski definition) is 2. The predicted octanol–water partition coefficient (Wildman–Crippen LogP) is 1.83. The zero-order valence-electron chi connectivity index (χ0n) is 6.27. The van der Waals surface area contributed by atoms with Crippen LogP contribution in [0.1, 0.15) is 6.92 Å². The van der Waals surface area contributed by atoms with Crippen molar-refractivity contribution in [2.45, 2.75) is 6.92 Å². The van der Waals surface area contributed by atoms with Crippen LogP contribution >= 0.6 is 11.6 Å². The second-order valence-electron chi connectivity index (χ2n) is 2.18. The molecule has 12 heavy (non-hydrogen) atoms. The molecule has 3 nitrogen and oxygen atoms in total. The van der Waals surface area contributed by atoms with E-state index in [-0.39, 0.29) is 11.1 Å². The fourth-order valence-electron chi connectivity index (χ4n) is 0.693. The van der Waals surface area contributed by atoms with Crippen molar-refractivity contribution in [1.82, 2.24) is 4.98 Å². The normalized spacial score (nSPS) is 9.58. The van der Waals surface area contributed by atoms with Crippen LogP contribution in [0.15, 0.2) is 12.3 Å². The molecule has 5 heteroatoms. The Balaban J connectivity index is 2.89. The third-order valence-electron chi connectivity index (χ3n) is 1.12. The maximum Gasteiger partial charge on any atom is 0.221 e. The molecule has 64 valence electrons. The van der Waals surface area contributed by atoms with Gasteiger partial charge in [-0.1, -0.05) is 11.6 Å². The Kier molecular flexibility index (Phi) is 2.60. The molecule has 0 saturated heterocycles. The van der Waals surface area contributed by atoms with E-state index in [2.05, 4.69) is 10.3 Å². The second-order valence-corrected chi connectivity index (χ2v) is 2.54. The summed E-state index contributed by atoms with van der Waals surface area (Å²) in [5, 5.41) is 2.17. The van der Waals surface area contributed by atoms with Gasteiger partial charge >= 0.3 is 0 Å². The minimum Gasteiger partial charge on any atom is -0.325 e. The van der Waals surface area contributed by atoms with E-state index in [4.69, 9.17) is 11.6 Å². The molecule has 1 aromatic rings. The van der Waals surface area contributed by atoms with Gasteiger partial charge in [-0.15, -0.1) is 0 Å². The van der Waals surface area contributed by atoms with Gasteiger partial charge in [-0.25, -0.2) is 9.37 Å². The molecule has 0 spiro atoms. The first-order valence-corrected chi connectivity index (χ1v) is 3.56. The summed E-state index contributed by atoms with van der Waals surface area (Å²) in [6.07, 6.45) is 1.28. The minimum absolute atomic E-state index is 0.205. The van der Waals surface area contributed by atoms with Crippen LogP contribution in [0, 0.1) is 5.82 Å². The van der Waals surface area contributed by atoms with Gasteiger partial charge in [0.2, 0.25) is 5.91 Å². The van der Waals surface area contributed by atoms with Crippen LogP contribution in [0.2, 0.25) is 5.15 Å². The van der Waals surface area contributed by atoms with Gasteiger partial charge in [0.15, 0.2) is 11.0 Å². The molecule has 1 N–H and O–H groups in total. The Labute approximate surface area is 73.6 Å². The number of anilines is 1. The summed E-state index contributed by atoms with van der Waals surface area (Å²) in [5.74, 6) is -0.929. The van der Waals surface area contributed by atoms with Gasteiger partial charge in [-0.3, -0.25) is 4.79 Å². The van der Waals surface area contributed by atoms with E-state index in [1.165, 1.54) is 13.1 Å². The first kappa shape index (κ1) is 8.93. The van der Waals surface area contributed by atoms with Crippen LogP contribution < -0.4 is 5.32 Å². The van der Waals surface area contributed by atoms with Gasteiger partial charge in [-0.2, -0.15) is 0 Å². The number of rotatable bonds is 1. The molecule has 1 aromatic heterocycles. The molecule has 0 atom stereocenters. The summed E-state index contributed by atoms with van der Waals surface area (Å²) < 4.78 is 12.7. The highest BCUT2D eigenvalue weighted by Crippen LogP contribution is 2.14. The molecule has 0 bridgehead atoms. The molecule has 0 aliphatic carbocycles. The molecule has 0 aliphatic heterocycles. The van der Waals surface area contributed by atoms with Crippen LogP contribution in [0.25, 0.3) is 0 Å². The highest BCUT2D eigenvalue weighted by Gasteiger charge is 2.02. The number of pyridine rings is 1. The third-order valence-corrected chi connectivity index (χ3v) is 1.39. The summed E-state index contributed by atoms with van der Waals surface area (Å²) in [4.78, 5) is 14.0. The zero-order chi connectivity index (χ0) is 9.14. The lowest BCUT2D eigenvalue weighted by Crippen LogP contribution is -2.06. The lowest BCUT2D eigenvalue weighted by Gasteiger charge is -2.00. The van der Waals surface area contributed by atoms with E-state index < -0.39 is 5.82 Å². The maximum atomic E-state index is 12.7. The number of aromatic nitrogens is 1. The van der Waals surface area contributed by atoms with Crippen molar-refractivity contribution in [2.24, 2.45) is 0 Å². The van der Waals surface area contributed by atoms with Crippen LogP contribution in [-0.4, -0.2) is 10.9 Å². The predicted molar refractivity (Wildman–Crippen MR) is 43.5 cm³/mol. The van der Waals surface area contributed by atoms with Gasteiger partial charge in [0.05, 0.1) is 11.9 Å². The Morgan fingerprint density at radius 3 is 2.92 bits per heavy atom. The molecule has 1 heterocycles. The third kappa shape index (κ3) is 2.17. The summed E-state index contributed by atoms with van der Waals surface area (Å²) in [7, 11) is 0. The van der Waals surface area contributed by atoms with Crippen molar-refractivity contribution in [3.63, 3.8) is 0 Å². The number of nitrogens with zero attached hydrogens (tertiary/aromatic N) is 1. The molecule has 0 aromatic carbocycles. The fourth-order valence-corrected chi connectivity index (χ4v) is 0.796. The van der Waals surface area contributed by atoms with Gasteiger partial charge in [-0.05, 0) is 0 Å². The van der Waals surface area contributed by atoms with Crippen molar-refractivity contribution >= 4 is 23.2 Å². The monoisotopic (exact) mass is 188 g/mol. The Hall–Kier alpha value is -1.16. The molecular weight excluding hydrogens is 183 g/mol. The number of amides is 1. The topological polar surface area (TPSA) is 42.0 Å². The van der Waals surface area contributed by atoms with E-state index in [0.29, 0.717) is 5.69 Å². The molecule has 0 saturated carbocycles. The Morgan fingerprint density at radius 1 is 1.75 bits per heavy atom. The molecule has 0 radical (unpaired) electrons. The van der Waals surface area contributed by atoms with Crippen molar-refractivity contribution in [3.8, 4) is 0 Å². The molecule has 1 amide bonds. The minimum atomic E-state index is -0.650. The summed E-state index contributed by atoms with van der Waals surface area (Å²) in [5.41, 5.74) is 0.296. The smallest absolute Gasteiger partial charge is 0.221 e. The lowest BCUT2D eigenvalue weighted by molar-refractivity contribution is -0.114. The van der Waals surface area contributed by atoms with Crippen molar-refractivity contribution in [2.75, 3.05) is 5.32 Å². The van der Waals surface area contributed by atoms with Crippen molar-refractivity contribution in [1.29, 1.82) is 0 Å². The second kappa shape index (κ2) is 3.49. The highest BCUT2D eigenvalue weighted by molar-refractivity contribution is 6.29. The van der Waals surface area contributed by atoms with Gasteiger partial charge in [0.1, 0.15) is 0 Å².